The number of hydrogen-bond acceptors (Lipinski definition) is 7. The molecule has 0 aromatic rings. The molecule has 0 N–H and O–H groups in total. The summed E-state index contributed by atoms with van der Waals surface area (Å²) in [5.74, 6) is -1.65. The summed E-state index contributed by atoms with van der Waals surface area (Å²) in [5, 5.41) is 0. The van der Waals surface area contributed by atoms with Crippen molar-refractivity contribution in [3.05, 3.63) is 48.1 Å². The maximum Gasteiger partial charge on any atom is 0.305 e. The molecular formula is C25H34O7. The number of allylic oxidation sites excluding steroid dienone is 4. The second kappa shape index (κ2) is 14.2. The summed E-state index contributed by atoms with van der Waals surface area (Å²) >= 11 is 0. The molecule has 0 bridgehead atoms. The van der Waals surface area contributed by atoms with Crippen molar-refractivity contribution in [2.45, 2.75) is 77.4 Å². The Kier molecular flexibility index (Phi) is 12.0. The smallest absolute Gasteiger partial charge is 0.305 e. The van der Waals surface area contributed by atoms with Crippen LogP contribution in [0.5, 0.6) is 0 Å². The summed E-state index contributed by atoms with van der Waals surface area (Å²) in [4.78, 5) is 47.0. The molecule has 1 aliphatic rings. The first kappa shape index (κ1) is 27.1. The number of carbonyl (C=O) groups is 4. The van der Waals surface area contributed by atoms with Gasteiger partial charge in [0, 0.05) is 32.3 Å². The standard InChI is InChI=1S/C25H34O7/c1-5-6-7-8-9-10-17-25(32-20(3)27)18-16-23(28)22(25)13-11-12-21(31-19(2)26)14-15-24(29)30-4/h9-13,16,18,21H,5-8,14-15,17H2,1-4H3/b10-9-,12-11-,22-13+. The topological polar surface area (TPSA) is 96.0 Å². The number of hydrogen-bond donors (Lipinski definition) is 0. The number of ketones is 1. The van der Waals surface area contributed by atoms with Gasteiger partial charge in [0.15, 0.2) is 11.4 Å². The highest BCUT2D eigenvalue weighted by molar-refractivity contribution is 6.09. The third-order valence-electron chi connectivity index (χ3n) is 4.88. The predicted molar refractivity (Wildman–Crippen MR) is 121 cm³/mol. The molecule has 0 radical (unpaired) electrons. The largest absolute Gasteiger partial charge is 0.469 e. The molecule has 0 aromatic heterocycles. The van der Waals surface area contributed by atoms with Crippen molar-refractivity contribution in [1.82, 2.24) is 0 Å². The van der Waals surface area contributed by atoms with E-state index >= 15 is 0 Å². The number of ether oxygens (including phenoxy) is 3. The zero-order valence-electron chi connectivity index (χ0n) is 19.4. The van der Waals surface area contributed by atoms with Crippen LogP contribution in [0.1, 0.15) is 65.7 Å². The molecule has 0 fully saturated rings. The average Bonchev–Trinajstić information content (AvgIpc) is 3.03. The minimum Gasteiger partial charge on any atom is -0.469 e. The minimum atomic E-state index is -1.17. The van der Waals surface area contributed by atoms with Crippen molar-refractivity contribution in [2.75, 3.05) is 7.11 Å². The SMILES string of the molecule is CCCCC/C=C\CC1(OC(C)=O)C=CC(=O)/C1=C\C=C/C(CCC(=O)OC)OC(C)=O. The fourth-order valence-corrected chi connectivity index (χ4v) is 3.32. The van der Waals surface area contributed by atoms with Crippen LogP contribution in [0.4, 0.5) is 0 Å². The van der Waals surface area contributed by atoms with Crippen LogP contribution in [0.25, 0.3) is 0 Å². The molecular weight excluding hydrogens is 412 g/mol. The molecule has 32 heavy (non-hydrogen) atoms. The lowest BCUT2D eigenvalue weighted by Gasteiger charge is -2.27. The Morgan fingerprint density at radius 1 is 1.12 bits per heavy atom. The molecule has 1 rings (SSSR count). The lowest BCUT2D eigenvalue weighted by atomic mass is 9.91. The monoisotopic (exact) mass is 446 g/mol. The van der Waals surface area contributed by atoms with E-state index in [2.05, 4.69) is 11.7 Å². The molecule has 0 spiro atoms. The second-order valence-electron chi connectivity index (χ2n) is 7.58. The van der Waals surface area contributed by atoms with Gasteiger partial charge < -0.3 is 14.2 Å². The van der Waals surface area contributed by atoms with Crippen molar-refractivity contribution in [2.24, 2.45) is 0 Å². The number of esters is 3. The second-order valence-corrected chi connectivity index (χ2v) is 7.58. The number of rotatable bonds is 13. The first-order valence-corrected chi connectivity index (χ1v) is 10.9. The van der Waals surface area contributed by atoms with Crippen LogP contribution >= 0.6 is 0 Å². The van der Waals surface area contributed by atoms with Crippen molar-refractivity contribution in [3.8, 4) is 0 Å². The van der Waals surface area contributed by atoms with Crippen LogP contribution in [0, 0.1) is 0 Å². The van der Waals surface area contributed by atoms with Crippen LogP contribution in [0.15, 0.2) is 48.1 Å². The van der Waals surface area contributed by atoms with Gasteiger partial charge >= 0.3 is 17.9 Å². The van der Waals surface area contributed by atoms with Crippen molar-refractivity contribution in [1.29, 1.82) is 0 Å². The summed E-state index contributed by atoms with van der Waals surface area (Å²) in [5.41, 5.74) is -0.853. The number of methoxy groups -OCH3 is 1. The Balaban J connectivity index is 3.02. The van der Waals surface area contributed by atoms with Crippen LogP contribution in [-0.4, -0.2) is 42.5 Å². The van der Waals surface area contributed by atoms with E-state index in [0.29, 0.717) is 12.0 Å². The number of unbranched alkanes of at least 4 members (excludes halogenated alkanes) is 3. The van der Waals surface area contributed by atoms with Crippen LogP contribution in [0.2, 0.25) is 0 Å². The van der Waals surface area contributed by atoms with Gasteiger partial charge in [-0.15, -0.1) is 0 Å². The summed E-state index contributed by atoms with van der Waals surface area (Å²) in [7, 11) is 1.29. The Bertz CT molecular complexity index is 788. The third-order valence-corrected chi connectivity index (χ3v) is 4.88. The Morgan fingerprint density at radius 2 is 1.88 bits per heavy atom. The van der Waals surface area contributed by atoms with Gasteiger partial charge in [0.25, 0.3) is 0 Å². The lowest BCUT2D eigenvalue weighted by molar-refractivity contribution is -0.149. The van der Waals surface area contributed by atoms with Gasteiger partial charge in [-0.05, 0) is 37.5 Å². The van der Waals surface area contributed by atoms with Gasteiger partial charge in [-0.3, -0.25) is 19.2 Å². The number of carbonyl (C=O) groups excluding carboxylic acids is 4. The van der Waals surface area contributed by atoms with Gasteiger partial charge in [0.2, 0.25) is 0 Å². The van der Waals surface area contributed by atoms with E-state index in [1.807, 2.05) is 12.2 Å². The van der Waals surface area contributed by atoms with Gasteiger partial charge in [0.1, 0.15) is 6.10 Å². The average molecular weight is 447 g/mol. The molecule has 7 heteroatoms. The maximum atomic E-state index is 12.5. The van der Waals surface area contributed by atoms with Crippen LogP contribution in [-0.2, 0) is 33.4 Å². The quantitative estimate of drug-likeness (QED) is 0.137. The summed E-state index contributed by atoms with van der Waals surface area (Å²) < 4.78 is 15.4. The normalized spacial score (nSPS) is 20.2. The molecule has 2 unspecified atom stereocenters. The van der Waals surface area contributed by atoms with Crippen molar-refractivity contribution >= 4 is 23.7 Å². The zero-order valence-corrected chi connectivity index (χ0v) is 19.4. The van der Waals surface area contributed by atoms with Gasteiger partial charge in [-0.2, -0.15) is 0 Å². The minimum absolute atomic E-state index is 0.0794. The molecule has 7 nitrogen and oxygen atoms in total. The Morgan fingerprint density at radius 3 is 2.50 bits per heavy atom. The molecule has 0 heterocycles. The Hall–Kier alpha value is -2.96. The maximum absolute atomic E-state index is 12.5. The van der Waals surface area contributed by atoms with E-state index in [4.69, 9.17) is 9.47 Å². The van der Waals surface area contributed by atoms with E-state index in [1.165, 1.54) is 27.0 Å². The Labute approximate surface area is 190 Å². The van der Waals surface area contributed by atoms with Gasteiger partial charge in [-0.25, -0.2) is 0 Å². The summed E-state index contributed by atoms with van der Waals surface area (Å²) in [6.07, 6.45) is 16.0. The molecule has 176 valence electrons. The summed E-state index contributed by atoms with van der Waals surface area (Å²) in [6.45, 7) is 4.72. The molecule has 0 amide bonds. The fraction of sp³-hybridized carbons (Fsp3) is 0.520. The van der Waals surface area contributed by atoms with Crippen molar-refractivity contribution in [3.63, 3.8) is 0 Å². The highest BCUT2D eigenvalue weighted by Crippen LogP contribution is 2.34. The van der Waals surface area contributed by atoms with E-state index in [-0.39, 0.29) is 18.6 Å². The first-order valence-electron chi connectivity index (χ1n) is 10.9. The molecule has 0 aromatic carbocycles. The van der Waals surface area contributed by atoms with Gasteiger partial charge in [0.05, 0.1) is 7.11 Å². The van der Waals surface area contributed by atoms with E-state index in [9.17, 15) is 19.2 Å². The van der Waals surface area contributed by atoms with Crippen molar-refractivity contribution < 1.29 is 33.4 Å². The van der Waals surface area contributed by atoms with E-state index in [1.54, 1.807) is 24.3 Å². The van der Waals surface area contributed by atoms with E-state index in [0.717, 1.165) is 25.7 Å². The summed E-state index contributed by atoms with van der Waals surface area (Å²) in [6, 6.07) is 0. The molecule has 2 atom stereocenters. The molecule has 0 saturated heterocycles. The highest BCUT2D eigenvalue weighted by Gasteiger charge is 2.41. The molecule has 0 aliphatic heterocycles. The fourth-order valence-electron chi connectivity index (χ4n) is 3.32. The zero-order chi connectivity index (χ0) is 24.0. The third kappa shape index (κ3) is 9.45. The first-order chi connectivity index (χ1) is 15.2. The molecule has 1 aliphatic carbocycles. The highest BCUT2D eigenvalue weighted by atomic mass is 16.6. The van der Waals surface area contributed by atoms with Crippen LogP contribution in [0.3, 0.4) is 0 Å². The van der Waals surface area contributed by atoms with Gasteiger partial charge in [-0.1, -0.05) is 44.1 Å². The van der Waals surface area contributed by atoms with Crippen LogP contribution < -0.4 is 0 Å². The van der Waals surface area contributed by atoms with E-state index < -0.39 is 29.6 Å². The lowest BCUT2D eigenvalue weighted by Crippen LogP contribution is -2.33. The predicted octanol–water partition coefficient (Wildman–Crippen LogP) is 4.32. The molecule has 0 saturated carbocycles.